The number of fused-ring (bicyclic) bond motifs is 1. The van der Waals surface area contributed by atoms with Crippen LogP contribution in [0.5, 0.6) is 5.75 Å². The molecule has 2 aromatic rings. The van der Waals surface area contributed by atoms with E-state index in [1.165, 1.54) is 0 Å². The zero-order valence-corrected chi connectivity index (χ0v) is 10.4. The van der Waals surface area contributed by atoms with Gasteiger partial charge in [-0.1, -0.05) is 18.2 Å². The molecule has 0 saturated carbocycles. The van der Waals surface area contributed by atoms with Gasteiger partial charge in [-0.2, -0.15) is 5.26 Å². The number of ether oxygens (including phenoxy) is 1. The Morgan fingerprint density at radius 2 is 2.21 bits per heavy atom. The van der Waals surface area contributed by atoms with Crippen molar-refractivity contribution >= 4 is 5.95 Å². The van der Waals surface area contributed by atoms with Crippen LogP contribution < -0.4 is 10.1 Å². The SMILES string of the molecule is Cc1cc(C#N)nc(NC2COc3ccccc32)n1. The van der Waals surface area contributed by atoms with Gasteiger partial charge in [-0.15, -0.1) is 0 Å². The molecule has 1 atom stereocenters. The lowest BCUT2D eigenvalue weighted by Crippen LogP contribution is -2.14. The highest BCUT2D eigenvalue weighted by Crippen LogP contribution is 2.33. The lowest BCUT2D eigenvalue weighted by Gasteiger charge is -2.11. The number of hydrogen-bond acceptors (Lipinski definition) is 5. The van der Waals surface area contributed by atoms with Gasteiger partial charge in [0.1, 0.15) is 24.1 Å². The van der Waals surface area contributed by atoms with E-state index in [1.807, 2.05) is 37.3 Å². The lowest BCUT2D eigenvalue weighted by atomic mass is 10.1. The van der Waals surface area contributed by atoms with Crippen molar-refractivity contribution in [1.82, 2.24) is 9.97 Å². The molecule has 0 fully saturated rings. The quantitative estimate of drug-likeness (QED) is 0.887. The van der Waals surface area contributed by atoms with Crippen molar-refractivity contribution in [3.05, 3.63) is 47.3 Å². The molecule has 0 saturated heterocycles. The fourth-order valence-electron chi connectivity index (χ4n) is 2.13. The summed E-state index contributed by atoms with van der Waals surface area (Å²) in [5.74, 6) is 1.34. The van der Waals surface area contributed by atoms with E-state index in [9.17, 15) is 0 Å². The average molecular weight is 252 g/mol. The van der Waals surface area contributed by atoms with Crippen LogP contribution in [0, 0.1) is 18.3 Å². The number of anilines is 1. The molecule has 19 heavy (non-hydrogen) atoms. The van der Waals surface area contributed by atoms with Crippen molar-refractivity contribution in [1.29, 1.82) is 5.26 Å². The molecule has 1 aromatic heterocycles. The van der Waals surface area contributed by atoms with Crippen LogP contribution in [-0.4, -0.2) is 16.6 Å². The Labute approximate surface area is 110 Å². The van der Waals surface area contributed by atoms with Gasteiger partial charge in [0.05, 0.1) is 6.04 Å². The Morgan fingerprint density at radius 3 is 3.05 bits per heavy atom. The van der Waals surface area contributed by atoms with E-state index in [0.717, 1.165) is 17.0 Å². The number of nitrogens with zero attached hydrogens (tertiary/aromatic N) is 3. The van der Waals surface area contributed by atoms with Crippen LogP contribution in [0.25, 0.3) is 0 Å². The minimum atomic E-state index is 0.0181. The van der Waals surface area contributed by atoms with Crippen LogP contribution in [0.3, 0.4) is 0 Å². The first kappa shape index (κ1) is 11.5. The predicted molar refractivity (Wildman–Crippen MR) is 69.8 cm³/mol. The van der Waals surface area contributed by atoms with Crippen molar-refractivity contribution in [2.24, 2.45) is 0 Å². The van der Waals surface area contributed by atoms with E-state index in [0.29, 0.717) is 18.2 Å². The highest BCUT2D eigenvalue weighted by atomic mass is 16.5. The van der Waals surface area contributed by atoms with Crippen LogP contribution in [0.1, 0.15) is 23.0 Å². The predicted octanol–water partition coefficient (Wildman–Crippen LogP) is 2.20. The summed E-state index contributed by atoms with van der Waals surface area (Å²) in [6.45, 7) is 2.38. The maximum atomic E-state index is 8.91. The molecule has 1 aliphatic heterocycles. The smallest absolute Gasteiger partial charge is 0.224 e. The molecule has 5 nitrogen and oxygen atoms in total. The van der Waals surface area contributed by atoms with Gasteiger partial charge < -0.3 is 10.1 Å². The van der Waals surface area contributed by atoms with Crippen LogP contribution in [0.4, 0.5) is 5.95 Å². The van der Waals surface area contributed by atoms with E-state index >= 15 is 0 Å². The molecule has 1 aromatic carbocycles. The molecule has 0 spiro atoms. The summed E-state index contributed by atoms with van der Waals surface area (Å²) in [5, 5.41) is 12.1. The average Bonchev–Trinajstić information content (AvgIpc) is 2.82. The highest BCUT2D eigenvalue weighted by Gasteiger charge is 2.24. The largest absolute Gasteiger partial charge is 0.491 e. The molecule has 0 amide bonds. The van der Waals surface area contributed by atoms with Crippen molar-refractivity contribution in [3.63, 3.8) is 0 Å². The Bertz CT molecular complexity index is 663. The third kappa shape index (κ3) is 2.20. The van der Waals surface area contributed by atoms with Crippen molar-refractivity contribution in [2.45, 2.75) is 13.0 Å². The number of nitriles is 1. The molecule has 2 heterocycles. The van der Waals surface area contributed by atoms with Gasteiger partial charge >= 0.3 is 0 Å². The summed E-state index contributed by atoms with van der Waals surface area (Å²) < 4.78 is 5.59. The van der Waals surface area contributed by atoms with E-state index in [2.05, 4.69) is 15.3 Å². The fraction of sp³-hybridized carbons (Fsp3) is 0.214. The zero-order chi connectivity index (χ0) is 13.2. The van der Waals surface area contributed by atoms with Crippen LogP contribution in [0.2, 0.25) is 0 Å². The first-order valence-electron chi connectivity index (χ1n) is 6.00. The third-order valence-corrected chi connectivity index (χ3v) is 2.97. The van der Waals surface area contributed by atoms with Crippen LogP contribution in [-0.2, 0) is 0 Å². The van der Waals surface area contributed by atoms with Crippen molar-refractivity contribution < 1.29 is 4.74 Å². The monoisotopic (exact) mass is 252 g/mol. The summed E-state index contributed by atoms with van der Waals surface area (Å²) in [5.41, 5.74) is 2.22. The molecular formula is C14H12N4O. The number of para-hydroxylation sites is 1. The molecule has 1 unspecified atom stereocenters. The lowest BCUT2D eigenvalue weighted by molar-refractivity contribution is 0.339. The molecule has 1 aliphatic rings. The van der Waals surface area contributed by atoms with Gasteiger partial charge in [-0.3, -0.25) is 0 Å². The number of aryl methyl sites for hydroxylation is 1. The van der Waals surface area contributed by atoms with Gasteiger partial charge in [-0.25, -0.2) is 9.97 Å². The molecule has 0 bridgehead atoms. The molecule has 0 aliphatic carbocycles. The van der Waals surface area contributed by atoms with E-state index in [-0.39, 0.29) is 6.04 Å². The minimum absolute atomic E-state index is 0.0181. The normalized spacial score (nSPS) is 16.3. The first-order chi connectivity index (χ1) is 9.26. The summed E-state index contributed by atoms with van der Waals surface area (Å²) in [6, 6.07) is 11.6. The number of benzene rings is 1. The summed E-state index contributed by atoms with van der Waals surface area (Å²) >= 11 is 0. The number of hydrogen-bond donors (Lipinski definition) is 1. The number of rotatable bonds is 2. The third-order valence-electron chi connectivity index (χ3n) is 2.97. The maximum Gasteiger partial charge on any atom is 0.224 e. The van der Waals surface area contributed by atoms with E-state index in [1.54, 1.807) is 6.07 Å². The Balaban J connectivity index is 1.88. The van der Waals surface area contributed by atoms with Gasteiger partial charge in [0, 0.05) is 11.3 Å². The zero-order valence-electron chi connectivity index (χ0n) is 10.4. The minimum Gasteiger partial charge on any atom is -0.491 e. The van der Waals surface area contributed by atoms with Crippen molar-refractivity contribution in [2.75, 3.05) is 11.9 Å². The Kier molecular flexibility index (Phi) is 2.76. The Hall–Kier alpha value is -2.61. The number of aromatic nitrogens is 2. The van der Waals surface area contributed by atoms with Crippen LogP contribution >= 0.6 is 0 Å². The Morgan fingerprint density at radius 1 is 1.37 bits per heavy atom. The van der Waals surface area contributed by atoms with E-state index in [4.69, 9.17) is 10.00 Å². The molecular weight excluding hydrogens is 240 g/mol. The summed E-state index contributed by atoms with van der Waals surface area (Å²) in [6.07, 6.45) is 0. The van der Waals surface area contributed by atoms with Crippen LogP contribution in [0.15, 0.2) is 30.3 Å². The topological polar surface area (TPSA) is 70.8 Å². The second-order valence-corrected chi connectivity index (χ2v) is 4.38. The summed E-state index contributed by atoms with van der Waals surface area (Å²) in [7, 11) is 0. The molecule has 0 radical (unpaired) electrons. The van der Waals surface area contributed by atoms with E-state index < -0.39 is 0 Å². The highest BCUT2D eigenvalue weighted by molar-refractivity contribution is 5.44. The molecule has 94 valence electrons. The van der Waals surface area contributed by atoms with Gasteiger partial charge in [0.15, 0.2) is 0 Å². The standard InChI is InChI=1S/C14H12N4O/c1-9-6-10(7-15)17-14(16-9)18-12-8-19-13-5-3-2-4-11(12)13/h2-6,12H,8H2,1H3,(H,16,17,18). The summed E-state index contributed by atoms with van der Waals surface area (Å²) in [4.78, 5) is 8.44. The molecule has 5 heteroatoms. The first-order valence-corrected chi connectivity index (χ1v) is 6.00. The van der Waals surface area contributed by atoms with Gasteiger partial charge in [-0.05, 0) is 19.1 Å². The molecule has 3 rings (SSSR count). The van der Waals surface area contributed by atoms with Gasteiger partial charge in [0.25, 0.3) is 0 Å². The van der Waals surface area contributed by atoms with Crippen molar-refractivity contribution in [3.8, 4) is 11.8 Å². The second-order valence-electron chi connectivity index (χ2n) is 4.38. The molecule has 1 N–H and O–H groups in total. The second kappa shape index (κ2) is 4.58. The van der Waals surface area contributed by atoms with Gasteiger partial charge in [0.2, 0.25) is 5.95 Å². The maximum absolute atomic E-state index is 8.91. The number of nitrogens with one attached hydrogen (secondary N) is 1. The fourth-order valence-corrected chi connectivity index (χ4v) is 2.13.